The van der Waals surface area contributed by atoms with Crippen molar-refractivity contribution < 1.29 is 19.5 Å². The first-order valence-electron chi connectivity index (χ1n) is 5.26. The lowest BCUT2D eigenvalue weighted by molar-refractivity contribution is -0.137. The Balaban J connectivity index is 2.10. The van der Waals surface area contributed by atoms with Crippen LogP contribution in [0.1, 0.15) is 12.8 Å². The van der Waals surface area contributed by atoms with Crippen molar-refractivity contribution in [3.8, 4) is 0 Å². The van der Waals surface area contributed by atoms with Gasteiger partial charge in [-0.25, -0.2) is 4.79 Å². The fraction of sp³-hybridized carbons (Fsp3) is 0.500. The zero-order valence-corrected chi connectivity index (χ0v) is 9.23. The van der Waals surface area contributed by atoms with Crippen LogP contribution in [-0.4, -0.2) is 42.1 Å². The van der Waals surface area contributed by atoms with E-state index in [0.29, 0.717) is 0 Å². The van der Waals surface area contributed by atoms with Crippen molar-refractivity contribution in [3.63, 3.8) is 0 Å². The zero-order chi connectivity index (χ0) is 12.7. The number of carboxylic acids is 1. The van der Waals surface area contributed by atoms with E-state index in [4.69, 9.17) is 5.11 Å². The van der Waals surface area contributed by atoms with Crippen molar-refractivity contribution in [2.45, 2.75) is 18.9 Å². The summed E-state index contributed by atoms with van der Waals surface area (Å²) in [5.41, 5.74) is 0. The molecule has 0 bridgehead atoms. The highest BCUT2D eigenvalue weighted by Gasteiger charge is 2.13. The molecule has 1 aliphatic rings. The first kappa shape index (κ1) is 13.0. The van der Waals surface area contributed by atoms with Gasteiger partial charge in [0, 0.05) is 6.04 Å². The van der Waals surface area contributed by atoms with Gasteiger partial charge in [0.05, 0.1) is 6.54 Å². The van der Waals surface area contributed by atoms with E-state index in [-0.39, 0.29) is 12.6 Å². The second-order valence-corrected chi connectivity index (χ2v) is 3.64. The maximum atomic E-state index is 11.3. The fourth-order valence-electron chi connectivity index (χ4n) is 1.37. The molecule has 0 aliphatic heterocycles. The summed E-state index contributed by atoms with van der Waals surface area (Å²) in [6.07, 6.45) is 5.53. The van der Waals surface area contributed by atoms with Crippen LogP contribution < -0.4 is 16.0 Å². The summed E-state index contributed by atoms with van der Waals surface area (Å²) in [5, 5.41) is 15.5. The van der Waals surface area contributed by atoms with Crippen molar-refractivity contribution in [2.75, 3.05) is 13.1 Å². The Morgan fingerprint density at radius 2 is 1.76 bits per heavy atom. The lowest BCUT2D eigenvalue weighted by Crippen LogP contribution is -2.45. The predicted molar refractivity (Wildman–Crippen MR) is 59.3 cm³/mol. The maximum Gasteiger partial charge on any atom is 0.322 e. The van der Waals surface area contributed by atoms with Crippen molar-refractivity contribution >= 4 is 17.9 Å². The minimum atomic E-state index is -1.13. The number of hydrogen-bond acceptors (Lipinski definition) is 3. The highest BCUT2D eigenvalue weighted by molar-refractivity contribution is 5.86. The lowest BCUT2D eigenvalue weighted by atomic mass is 10.2. The number of carbonyl (C=O) groups is 3. The molecule has 0 atom stereocenters. The first-order chi connectivity index (χ1) is 8.08. The molecular formula is C10H15N3O4. The van der Waals surface area contributed by atoms with Gasteiger partial charge in [0.15, 0.2) is 0 Å². The fourth-order valence-corrected chi connectivity index (χ4v) is 1.37. The summed E-state index contributed by atoms with van der Waals surface area (Å²) in [6.45, 7) is -0.687. The van der Waals surface area contributed by atoms with Crippen molar-refractivity contribution in [1.29, 1.82) is 0 Å². The van der Waals surface area contributed by atoms with Gasteiger partial charge in [-0.2, -0.15) is 0 Å². The van der Waals surface area contributed by atoms with Gasteiger partial charge in [-0.15, -0.1) is 0 Å². The summed E-state index contributed by atoms with van der Waals surface area (Å²) in [7, 11) is 0. The molecular weight excluding hydrogens is 226 g/mol. The highest BCUT2D eigenvalue weighted by atomic mass is 16.4. The van der Waals surface area contributed by atoms with Crippen LogP contribution in [0.2, 0.25) is 0 Å². The molecule has 17 heavy (non-hydrogen) atoms. The molecule has 0 saturated heterocycles. The third kappa shape index (κ3) is 5.55. The molecule has 1 aliphatic carbocycles. The van der Waals surface area contributed by atoms with E-state index in [1.165, 1.54) is 0 Å². The van der Waals surface area contributed by atoms with E-state index >= 15 is 0 Å². The van der Waals surface area contributed by atoms with E-state index < -0.39 is 24.5 Å². The Hall–Kier alpha value is -2.05. The van der Waals surface area contributed by atoms with Crippen LogP contribution in [0.5, 0.6) is 0 Å². The Kier molecular flexibility index (Phi) is 4.99. The number of rotatable bonds is 5. The molecule has 3 amide bonds. The molecule has 0 aromatic rings. The topological polar surface area (TPSA) is 108 Å². The average molecular weight is 241 g/mol. The van der Waals surface area contributed by atoms with Gasteiger partial charge >= 0.3 is 12.0 Å². The number of carboxylic acid groups (broad SMARTS) is 1. The molecule has 0 radical (unpaired) electrons. The maximum absolute atomic E-state index is 11.3. The Labute approximate surface area is 98.3 Å². The number of amides is 3. The summed E-state index contributed by atoms with van der Waals surface area (Å²) < 4.78 is 0. The van der Waals surface area contributed by atoms with Gasteiger partial charge in [-0.1, -0.05) is 12.2 Å². The molecule has 0 aromatic carbocycles. The highest BCUT2D eigenvalue weighted by Crippen LogP contribution is 2.08. The number of nitrogens with one attached hydrogen (secondary N) is 3. The number of carbonyl (C=O) groups excluding carboxylic acids is 2. The van der Waals surface area contributed by atoms with Crippen molar-refractivity contribution in [2.24, 2.45) is 0 Å². The van der Waals surface area contributed by atoms with Crippen LogP contribution in [0.4, 0.5) is 4.79 Å². The second-order valence-electron chi connectivity index (χ2n) is 3.64. The molecule has 1 rings (SSSR count). The number of urea groups is 1. The van der Waals surface area contributed by atoms with Crippen LogP contribution in [-0.2, 0) is 9.59 Å². The summed E-state index contributed by atoms with van der Waals surface area (Å²) >= 11 is 0. The van der Waals surface area contributed by atoms with Crippen LogP contribution in [0.25, 0.3) is 0 Å². The van der Waals surface area contributed by atoms with E-state index in [1.807, 2.05) is 12.2 Å². The molecule has 0 unspecified atom stereocenters. The van der Waals surface area contributed by atoms with E-state index in [9.17, 15) is 14.4 Å². The molecule has 4 N–H and O–H groups in total. The van der Waals surface area contributed by atoms with Crippen molar-refractivity contribution in [3.05, 3.63) is 12.2 Å². The van der Waals surface area contributed by atoms with Crippen molar-refractivity contribution in [1.82, 2.24) is 16.0 Å². The minimum Gasteiger partial charge on any atom is -0.480 e. The summed E-state index contributed by atoms with van der Waals surface area (Å²) in [6, 6.07) is -0.346. The van der Waals surface area contributed by atoms with E-state index in [1.54, 1.807) is 0 Å². The summed E-state index contributed by atoms with van der Waals surface area (Å²) in [5.74, 6) is -1.66. The second kappa shape index (κ2) is 6.51. The smallest absolute Gasteiger partial charge is 0.322 e. The van der Waals surface area contributed by atoms with Gasteiger partial charge in [0.25, 0.3) is 0 Å². The largest absolute Gasteiger partial charge is 0.480 e. The Bertz CT molecular complexity index is 332. The first-order valence-corrected chi connectivity index (χ1v) is 5.26. The van der Waals surface area contributed by atoms with Gasteiger partial charge < -0.3 is 21.1 Å². The third-order valence-electron chi connectivity index (χ3n) is 2.19. The SMILES string of the molecule is O=C(O)CNC(=O)CNC(=O)NC1CC=CC1. The number of hydrogen-bond donors (Lipinski definition) is 4. The predicted octanol–water partition coefficient (Wildman–Crippen LogP) is -0.795. The average Bonchev–Trinajstić information content (AvgIpc) is 2.76. The van der Waals surface area contributed by atoms with E-state index in [2.05, 4.69) is 16.0 Å². The van der Waals surface area contributed by atoms with Gasteiger partial charge in [-0.05, 0) is 12.8 Å². The molecule has 0 spiro atoms. The van der Waals surface area contributed by atoms with Gasteiger partial charge in [0.1, 0.15) is 6.54 Å². The lowest BCUT2D eigenvalue weighted by Gasteiger charge is -2.12. The van der Waals surface area contributed by atoms with Crippen LogP contribution in [0.15, 0.2) is 12.2 Å². The zero-order valence-electron chi connectivity index (χ0n) is 9.23. The molecule has 7 heteroatoms. The van der Waals surface area contributed by atoms with Crippen LogP contribution >= 0.6 is 0 Å². The number of aliphatic carboxylic acids is 1. The summed E-state index contributed by atoms with van der Waals surface area (Å²) in [4.78, 5) is 32.5. The molecule has 0 fully saturated rings. The third-order valence-corrected chi connectivity index (χ3v) is 2.19. The van der Waals surface area contributed by atoms with Gasteiger partial charge in [0.2, 0.25) is 5.91 Å². The Morgan fingerprint density at radius 1 is 1.12 bits per heavy atom. The standard InChI is InChI=1S/C10H15N3O4/c14-8(11-6-9(15)16)5-12-10(17)13-7-3-1-2-4-7/h1-2,7H,3-6H2,(H,11,14)(H,15,16)(H2,12,13,17). The molecule has 94 valence electrons. The molecule has 0 heterocycles. The van der Waals surface area contributed by atoms with Crippen LogP contribution in [0, 0.1) is 0 Å². The molecule has 7 nitrogen and oxygen atoms in total. The normalized spacial score (nSPS) is 14.4. The van der Waals surface area contributed by atoms with Crippen LogP contribution in [0.3, 0.4) is 0 Å². The monoisotopic (exact) mass is 241 g/mol. The minimum absolute atomic E-state index is 0.0806. The van der Waals surface area contributed by atoms with Gasteiger partial charge in [-0.3, -0.25) is 9.59 Å². The molecule has 0 saturated carbocycles. The quantitative estimate of drug-likeness (QED) is 0.473. The van der Waals surface area contributed by atoms with E-state index in [0.717, 1.165) is 12.8 Å². The Morgan fingerprint density at radius 3 is 2.35 bits per heavy atom. The molecule has 0 aromatic heterocycles.